The number of halogens is 1. The molecule has 0 saturated carbocycles. The summed E-state index contributed by atoms with van der Waals surface area (Å²) in [4.78, 5) is 34.9. The molecule has 2 atom stereocenters. The Labute approximate surface area is 235 Å². The minimum Gasteiger partial charge on any atom is -0.462 e. The fourth-order valence-electron chi connectivity index (χ4n) is 5.55. The Hall–Kier alpha value is -2.52. The van der Waals surface area contributed by atoms with Gasteiger partial charge in [0.2, 0.25) is 5.91 Å². The topological polar surface area (TPSA) is 103 Å². The monoisotopic (exact) mass is 557 g/mol. The molecule has 2 aliphatic rings. The highest BCUT2D eigenvalue weighted by Gasteiger charge is 2.42. The Kier molecular flexibility index (Phi) is 10.7. The van der Waals surface area contributed by atoms with Gasteiger partial charge >= 0.3 is 5.97 Å². The molecule has 1 aromatic heterocycles. The summed E-state index contributed by atoms with van der Waals surface area (Å²) in [7, 11) is 0. The summed E-state index contributed by atoms with van der Waals surface area (Å²) in [5.41, 5.74) is 1.31. The summed E-state index contributed by atoms with van der Waals surface area (Å²) in [6.07, 6.45) is 4.12. The first-order valence-corrected chi connectivity index (χ1v) is 14.4. The van der Waals surface area contributed by atoms with Crippen LogP contribution in [0.15, 0.2) is 48.7 Å². The summed E-state index contributed by atoms with van der Waals surface area (Å²) in [6, 6.07) is 13.4. The summed E-state index contributed by atoms with van der Waals surface area (Å²) < 4.78 is 5.59. The Bertz CT molecular complexity index is 1080. The van der Waals surface area contributed by atoms with Crippen LogP contribution < -0.4 is 0 Å². The number of cyclic esters (lactones) is 1. The molecule has 212 valence electrons. The van der Waals surface area contributed by atoms with Gasteiger partial charge in [-0.25, -0.2) is 0 Å². The number of carbonyl (C=O) groups is 2. The molecular formula is C30H40ClN3O5. The average Bonchev–Trinajstić information content (AvgIpc) is 2.96. The van der Waals surface area contributed by atoms with E-state index in [1.807, 2.05) is 42.5 Å². The lowest BCUT2D eigenvalue weighted by Gasteiger charge is -2.40. The van der Waals surface area contributed by atoms with Gasteiger partial charge in [0, 0.05) is 37.3 Å². The number of carbonyl (C=O) groups excluding carboxylic acids is 2. The molecule has 2 saturated heterocycles. The lowest BCUT2D eigenvalue weighted by molar-refractivity contribution is -0.165. The van der Waals surface area contributed by atoms with Crippen molar-refractivity contribution in [3.8, 4) is 0 Å². The molecule has 4 rings (SSSR count). The van der Waals surface area contributed by atoms with Gasteiger partial charge in [0.15, 0.2) is 0 Å². The van der Waals surface area contributed by atoms with Crippen LogP contribution in [0.1, 0.15) is 56.2 Å². The van der Waals surface area contributed by atoms with Gasteiger partial charge in [0.1, 0.15) is 12.7 Å². The zero-order chi connectivity index (χ0) is 27.7. The van der Waals surface area contributed by atoms with Crippen LogP contribution in [-0.4, -0.2) is 81.9 Å². The minimum atomic E-state index is -1.20. The molecule has 0 unspecified atom stereocenters. The number of likely N-dealkylation sites (tertiary alicyclic amines) is 1. The summed E-state index contributed by atoms with van der Waals surface area (Å²) in [5.74, 6) is -0.297. The lowest BCUT2D eigenvalue weighted by Crippen LogP contribution is -2.46. The molecule has 2 fully saturated rings. The van der Waals surface area contributed by atoms with E-state index in [0.29, 0.717) is 50.2 Å². The number of hydrogen-bond donors (Lipinski definition) is 2. The number of amides is 1. The molecule has 0 radical (unpaired) electrons. The predicted octanol–water partition coefficient (Wildman–Crippen LogP) is 3.62. The average molecular weight is 558 g/mol. The molecule has 2 N–H and O–H groups in total. The van der Waals surface area contributed by atoms with Crippen molar-refractivity contribution in [2.45, 2.75) is 70.1 Å². The van der Waals surface area contributed by atoms with Gasteiger partial charge in [-0.2, -0.15) is 0 Å². The second-order valence-corrected chi connectivity index (χ2v) is 11.2. The number of ether oxygens (including phenoxy) is 1. The molecule has 1 amide bonds. The SMILES string of the molecule is O=C(CCc1ccccc1Cl)N1CCCCC2(CCN(Cc3ccccn3)CC2)C(=O)OC[C@@H](O)[C@@H](O)CC1. The number of rotatable bonds is 5. The number of piperidine rings is 1. The number of pyridine rings is 1. The predicted molar refractivity (Wildman–Crippen MR) is 149 cm³/mol. The molecule has 2 aliphatic heterocycles. The molecule has 9 heteroatoms. The first kappa shape index (κ1) is 29.5. The van der Waals surface area contributed by atoms with Gasteiger partial charge < -0.3 is 19.8 Å². The van der Waals surface area contributed by atoms with Crippen LogP contribution >= 0.6 is 11.6 Å². The first-order valence-electron chi connectivity index (χ1n) is 14.0. The van der Waals surface area contributed by atoms with Crippen molar-refractivity contribution in [2.75, 3.05) is 32.8 Å². The largest absolute Gasteiger partial charge is 0.462 e. The van der Waals surface area contributed by atoms with E-state index in [9.17, 15) is 19.8 Å². The maximum Gasteiger partial charge on any atom is 0.312 e. The van der Waals surface area contributed by atoms with Crippen LogP contribution in [0.25, 0.3) is 0 Å². The molecule has 1 spiro atoms. The van der Waals surface area contributed by atoms with E-state index < -0.39 is 17.6 Å². The van der Waals surface area contributed by atoms with Crippen molar-refractivity contribution in [1.82, 2.24) is 14.8 Å². The van der Waals surface area contributed by atoms with Crippen molar-refractivity contribution < 1.29 is 24.5 Å². The molecule has 1 aromatic carbocycles. The number of nitrogens with zero attached hydrogens (tertiary/aromatic N) is 3. The molecule has 2 aromatic rings. The number of aryl methyl sites for hydroxylation is 1. The van der Waals surface area contributed by atoms with Crippen LogP contribution in [0.5, 0.6) is 0 Å². The molecule has 0 bridgehead atoms. The Morgan fingerprint density at radius 1 is 1.00 bits per heavy atom. The van der Waals surface area contributed by atoms with Crippen molar-refractivity contribution in [3.63, 3.8) is 0 Å². The molecule has 8 nitrogen and oxygen atoms in total. The lowest BCUT2D eigenvalue weighted by atomic mass is 9.74. The first-order chi connectivity index (χ1) is 18.9. The van der Waals surface area contributed by atoms with Crippen molar-refractivity contribution in [1.29, 1.82) is 0 Å². The van der Waals surface area contributed by atoms with Gasteiger partial charge in [0.05, 0.1) is 17.2 Å². The number of benzene rings is 1. The number of aliphatic hydroxyl groups is 2. The number of hydrogen-bond acceptors (Lipinski definition) is 7. The zero-order valence-corrected chi connectivity index (χ0v) is 23.3. The van der Waals surface area contributed by atoms with Gasteiger partial charge in [0.25, 0.3) is 0 Å². The van der Waals surface area contributed by atoms with Gasteiger partial charge in [-0.15, -0.1) is 0 Å². The van der Waals surface area contributed by atoms with Gasteiger partial charge in [-0.05, 0) is 75.4 Å². The van der Waals surface area contributed by atoms with Crippen molar-refractivity contribution in [2.24, 2.45) is 5.41 Å². The van der Waals surface area contributed by atoms with E-state index in [2.05, 4.69) is 9.88 Å². The van der Waals surface area contributed by atoms with E-state index in [1.54, 1.807) is 11.1 Å². The number of aliphatic hydroxyl groups excluding tert-OH is 2. The summed E-state index contributed by atoms with van der Waals surface area (Å²) in [5, 5.41) is 21.7. The van der Waals surface area contributed by atoms with Crippen molar-refractivity contribution >= 4 is 23.5 Å². The normalized spacial score (nSPS) is 23.4. The van der Waals surface area contributed by atoms with E-state index in [4.69, 9.17) is 16.3 Å². The number of aromatic nitrogens is 1. The molecule has 3 heterocycles. The van der Waals surface area contributed by atoms with Crippen molar-refractivity contribution in [3.05, 3.63) is 64.9 Å². The smallest absolute Gasteiger partial charge is 0.312 e. The summed E-state index contributed by atoms with van der Waals surface area (Å²) >= 11 is 6.27. The number of esters is 1. The second-order valence-electron chi connectivity index (χ2n) is 10.8. The van der Waals surface area contributed by atoms with E-state index in [-0.39, 0.29) is 24.9 Å². The zero-order valence-electron chi connectivity index (χ0n) is 22.5. The van der Waals surface area contributed by atoms with Gasteiger partial charge in [-0.3, -0.25) is 19.5 Å². The fraction of sp³-hybridized carbons (Fsp3) is 0.567. The molecular weight excluding hydrogens is 518 g/mol. The third-order valence-electron chi connectivity index (χ3n) is 8.13. The Morgan fingerprint density at radius 2 is 1.77 bits per heavy atom. The van der Waals surface area contributed by atoms with Crippen LogP contribution in [0.3, 0.4) is 0 Å². The van der Waals surface area contributed by atoms with Crippen LogP contribution in [0.2, 0.25) is 5.02 Å². The van der Waals surface area contributed by atoms with E-state index in [0.717, 1.165) is 43.7 Å². The van der Waals surface area contributed by atoms with Crippen LogP contribution in [0.4, 0.5) is 0 Å². The standard InChI is InChI=1S/C30H40ClN3O5/c31-25-9-2-1-7-23(25)10-11-28(37)34-17-6-4-13-30(29(38)39-22-27(36)26(35)12-18-34)14-19-33(20-15-30)21-24-8-3-5-16-32-24/h1-3,5,7-9,16,26-27,35-36H,4,6,10-15,17-22H2/t26-,27+/m0/s1. The fourth-order valence-corrected chi connectivity index (χ4v) is 5.78. The minimum absolute atomic E-state index is 0.00338. The highest BCUT2D eigenvalue weighted by atomic mass is 35.5. The Balaban J connectivity index is 1.38. The van der Waals surface area contributed by atoms with Crippen LogP contribution in [0, 0.1) is 5.41 Å². The third kappa shape index (κ3) is 8.24. The maximum absolute atomic E-state index is 13.3. The van der Waals surface area contributed by atoms with E-state index in [1.165, 1.54) is 0 Å². The van der Waals surface area contributed by atoms with Gasteiger partial charge in [-0.1, -0.05) is 42.3 Å². The maximum atomic E-state index is 13.3. The highest BCUT2D eigenvalue weighted by molar-refractivity contribution is 6.31. The molecule has 0 aliphatic carbocycles. The molecule has 39 heavy (non-hydrogen) atoms. The Morgan fingerprint density at radius 3 is 2.51 bits per heavy atom. The third-order valence-corrected chi connectivity index (χ3v) is 8.50. The second kappa shape index (κ2) is 14.2. The van der Waals surface area contributed by atoms with Crippen LogP contribution in [-0.2, 0) is 27.3 Å². The van der Waals surface area contributed by atoms with E-state index >= 15 is 0 Å². The highest BCUT2D eigenvalue weighted by Crippen LogP contribution is 2.38. The summed E-state index contributed by atoms with van der Waals surface area (Å²) in [6.45, 7) is 2.87. The quantitative estimate of drug-likeness (QED) is 0.541.